The molecule has 0 amide bonds. The predicted octanol–water partition coefficient (Wildman–Crippen LogP) is 4.20. The lowest BCUT2D eigenvalue weighted by Crippen LogP contribution is -1.97. The summed E-state index contributed by atoms with van der Waals surface area (Å²) in [6.45, 7) is 2.03. The Kier molecular flexibility index (Phi) is 4.37. The van der Waals surface area contributed by atoms with Gasteiger partial charge in [-0.25, -0.2) is 13.8 Å². The number of nitrogens with zero attached hydrogens (tertiary/aromatic N) is 1. The zero-order valence-electron chi connectivity index (χ0n) is 10.3. The van der Waals surface area contributed by atoms with Crippen LogP contribution in [0.4, 0.5) is 13.9 Å². The lowest BCUT2D eigenvalue weighted by Gasteiger charge is -2.06. The average molecular weight is 303 g/mol. The van der Waals surface area contributed by atoms with Gasteiger partial charge in [-0.15, -0.1) is 11.3 Å². The van der Waals surface area contributed by atoms with E-state index in [0.717, 1.165) is 35.5 Å². The monoisotopic (exact) mass is 302 g/mol. The zero-order valence-corrected chi connectivity index (χ0v) is 11.9. The number of aryl methyl sites for hydroxylation is 1. The maximum absolute atomic E-state index is 13.7. The molecule has 0 saturated carbocycles. The molecule has 0 aliphatic carbocycles. The van der Waals surface area contributed by atoms with E-state index in [9.17, 15) is 8.78 Å². The van der Waals surface area contributed by atoms with Crippen molar-refractivity contribution in [2.24, 2.45) is 0 Å². The minimum absolute atomic E-state index is 0.0897. The van der Waals surface area contributed by atoms with Crippen LogP contribution in [0.2, 0.25) is 5.02 Å². The maximum Gasteiger partial charge on any atom is 0.180 e. The van der Waals surface area contributed by atoms with Crippen LogP contribution >= 0.6 is 22.9 Å². The zero-order chi connectivity index (χ0) is 14.0. The third-order valence-electron chi connectivity index (χ3n) is 2.72. The largest absolute Gasteiger partial charge is 0.375 e. The molecule has 2 N–H and O–H groups in total. The van der Waals surface area contributed by atoms with E-state index in [2.05, 4.69) is 4.98 Å². The van der Waals surface area contributed by atoms with Gasteiger partial charge in [0.2, 0.25) is 0 Å². The summed E-state index contributed by atoms with van der Waals surface area (Å²) in [6.07, 6.45) is 1.99. The molecular weight excluding hydrogens is 290 g/mol. The molecular formula is C13H13ClF2N2S. The Morgan fingerprint density at radius 3 is 2.74 bits per heavy atom. The van der Waals surface area contributed by atoms with Crippen molar-refractivity contribution in [3.63, 3.8) is 0 Å². The van der Waals surface area contributed by atoms with Crippen molar-refractivity contribution < 1.29 is 8.78 Å². The second-order valence-corrected chi connectivity index (χ2v) is 5.72. The van der Waals surface area contributed by atoms with E-state index in [-0.39, 0.29) is 17.0 Å². The van der Waals surface area contributed by atoms with Crippen molar-refractivity contribution in [3.05, 3.63) is 44.9 Å². The molecule has 2 aromatic rings. The van der Waals surface area contributed by atoms with Crippen molar-refractivity contribution in [1.82, 2.24) is 4.98 Å². The molecule has 6 heteroatoms. The molecule has 0 aliphatic heterocycles. The van der Waals surface area contributed by atoms with Crippen LogP contribution in [0, 0.1) is 11.6 Å². The Hall–Kier alpha value is -1.20. The van der Waals surface area contributed by atoms with E-state index < -0.39 is 11.6 Å². The van der Waals surface area contributed by atoms with Gasteiger partial charge in [0.1, 0.15) is 11.6 Å². The van der Waals surface area contributed by atoms with Crippen molar-refractivity contribution in [2.45, 2.75) is 26.2 Å². The molecule has 1 aromatic heterocycles. The first-order valence-electron chi connectivity index (χ1n) is 5.88. The fourth-order valence-electron chi connectivity index (χ4n) is 1.88. The molecule has 1 heterocycles. The number of nitrogens with two attached hydrogens (primary N) is 1. The van der Waals surface area contributed by atoms with Crippen LogP contribution in [0.25, 0.3) is 0 Å². The number of hydrogen-bond donors (Lipinski definition) is 1. The van der Waals surface area contributed by atoms with Gasteiger partial charge in [-0.1, -0.05) is 24.9 Å². The molecule has 19 heavy (non-hydrogen) atoms. The summed E-state index contributed by atoms with van der Waals surface area (Å²) in [5.74, 6) is -1.32. The van der Waals surface area contributed by atoms with Crippen molar-refractivity contribution in [2.75, 3.05) is 5.73 Å². The molecule has 2 nitrogen and oxygen atoms in total. The van der Waals surface area contributed by atoms with E-state index in [1.54, 1.807) is 0 Å². The summed E-state index contributed by atoms with van der Waals surface area (Å²) < 4.78 is 26.7. The molecule has 0 aliphatic rings. The van der Waals surface area contributed by atoms with E-state index in [4.69, 9.17) is 17.3 Å². The fraction of sp³-hybridized carbons (Fsp3) is 0.308. The molecule has 102 valence electrons. The summed E-state index contributed by atoms with van der Waals surface area (Å²) >= 11 is 7.21. The molecule has 0 spiro atoms. The number of rotatable bonds is 4. The second-order valence-electron chi connectivity index (χ2n) is 4.20. The minimum Gasteiger partial charge on any atom is -0.375 e. The normalized spacial score (nSPS) is 10.9. The van der Waals surface area contributed by atoms with Crippen LogP contribution in [0.15, 0.2) is 12.1 Å². The highest BCUT2D eigenvalue weighted by molar-refractivity contribution is 7.15. The Bertz CT molecular complexity index is 575. The first-order valence-corrected chi connectivity index (χ1v) is 7.08. The van der Waals surface area contributed by atoms with Gasteiger partial charge in [-0.2, -0.15) is 0 Å². The van der Waals surface area contributed by atoms with E-state index in [1.807, 2.05) is 6.92 Å². The topological polar surface area (TPSA) is 38.9 Å². The second kappa shape index (κ2) is 5.84. The first kappa shape index (κ1) is 14.2. The van der Waals surface area contributed by atoms with Crippen LogP contribution in [0.5, 0.6) is 0 Å². The van der Waals surface area contributed by atoms with Gasteiger partial charge in [0.15, 0.2) is 5.13 Å². The number of anilines is 1. The van der Waals surface area contributed by atoms with Crippen LogP contribution in [-0.4, -0.2) is 4.98 Å². The number of aromatic nitrogens is 1. The van der Waals surface area contributed by atoms with Gasteiger partial charge in [0.05, 0.1) is 5.69 Å². The third-order valence-corrected chi connectivity index (χ3v) is 3.99. The van der Waals surface area contributed by atoms with Crippen molar-refractivity contribution >= 4 is 28.1 Å². The van der Waals surface area contributed by atoms with Gasteiger partial charge in [0.25, 0.3) is 0 Å². The molecule has 0 saturated heterocycles. The quantitative estimate of drug-likeness (QED) is 0.919. The first-order chi connectivity index (χ1) is 9.01. The van der Waals surface area contributed by atoms with Crippen molar-refractivity contribution in [3.8, 4) is 0 Å². The lowest BCUT2D eigenvalue weighted by atomic mass is 10.1. The van der Waals surface area contributed by atoms with Crippen molar-refractivity contribution in [1.29, 1.82) is 0 Å². The van der Waals surface area contributed by atoms with Gasteiger partial charge in [-0.05, 0) is 12.5 Å². The van der Waals surface area contributed by atoms with Gasteiger partial charge in [-0.3, -0.25) is 0 Å². The SMILES string of the molecule is CCCc1nc(N)sc1Cc1c(F)cc(F)cc1Cl. The molecule has 1 aromatic carbocycles. The smallest absolute Gasteiger partial charge is 0.180 e. The Morgan fingerprint density at radius 2 is 2.11 bits per heavy atom. The van der Waals surface area contributed by atoms with E-state index in [0.29, 0.717) is 5.13 Å². The van der Waals surface area contributed by atoms with Gasteiger partial charge in [0, 0.05) is 28.0 Å². The standard InChI is InChI=1S/C13H13ClF2N2S/c1-2-3-11-12(19-13(17)18-11)6-8-9(14)4-7(15)5-10(8)16/h4-5H,2-3,6H2,1H3,(H2,17,18). The highest BCUT2D eigenvalue weighted by atomic mass is 35.5. The average Bonchev–Trinajstić information content (AvgIpc) is 2.64. The van der Waals surface area contributed by atoms with Crippen LogP contribution in [0.3, 0.4) is 0 Å². The van der Waals surface area contributed by atoms with Gasteiger partial charge < -0.3 is 5.73 Å². The summed E-state index contributed by atoms with van der Waals surface area (Å²) in [4.78, 5) is 5.11. The van der Waals surface area contributed by atoms with E-state index in [1.165, 1.54) is 11.3 Å². The van der Waals surface area contributed by atoms with Crippen LogP contribution in [0.1, 0.15) is 29.5 Å². The number of benzene rings is 1. The van der Waals surface area contributed by atoms with Crippen LogP contribution < -0.4 is 5.73 Å². The Balaban J connectivity index is 2.36. The Morgan fingerprint density at radius 1 is 1.37 bits per heavy atom. The molecule has 0 atom stereocenters. The number of nitrogen functional groups attached to an aromatic ring is 1. The highest BCUT2D eigenvalue weighted by Gasteiger charge is 2.15. The highest BCUT2D eigenvalue weighted by Crippen LogP contribution is 2.29. The number of hydrogen-bond acceptors (Lipinski definition) is 3. The predicted molar refractivity (Wildman–Crippen MR) is 74.7 cm³/mol. The Labute approximate surface area is 119 Å². The number of thiazole rings is 1. The molecule has 0 fully saturated rings. The summed E-state index contributed by atoms with van der Waals surface area (Å²) in [6, 6.07) is 1.95. The molecule has 0 bridgehead atoms. The third kappa shape index (κ3) is 3.22. The molecule has 2 rings (SSSR count). The minimum atomic E-state index is -0.677. The van der Waals surface area contributed by atoms with E-state index >= 15 is 0 Å². The number of halogens is 3. The lowest BCUT2D eigenvalue weighted by molar-refractivity contribution is 0.575. The van der Waals surface area contributed by atoms with Gasteiger partial charge >= 0.3 is 0 Å². The molecule has 0 unspecified atom stereocenters. The fourth-order valence-corrected chi connectivity index (χ4v) is 3.03. The summed E-state index contributed by atoms with van der Waals surface area (Å²) in [5.41, 5.74) is 6.83. The van der Waals surface area contributed by atoms with Crippen LogP contribution in [-0.2, 0) is 12.8 Å². The summed E-state index contributed by atoms with van der Waals surface area (Å²) in [5, 5.41) is 0.545. The molecule has 0 radical (unpaired) electrons. The summed E-state index contributed by atoms with van der Waals surface area (Å²) in [7, 11) is 0. The maximum atomic E-state index is 13.7.